The molecule has 10 heteroatoms. The summed E-state index contributed by atoms with van der Waals surface area (Å²) in [6.45, 7) is -3.06. The molecule has 2 N–H and O–H groups in total. The topological polar surface area (TPSA) is 67.8 Å². The van der Waals surface area contributed by atoms with Crippen LogP contribution in [0.15, 0.2) is 36.4 Å². The maximum Gasteiger partial charge on any atom is 0.387 e. The molecule has 0 bridgehead atoms. The van der Waals surface area contributed by atoms with Crippen LogP contribution in [0, 0.1) is 0 Å². The maximum atomic E-state index is 12.7. The van der Waals surface area contributed by atoms with Crippen molar-refractivity contribution in [3.63, 3.8) is 0 Å². The number of alkyl halides is 2. The first-order valence-corrected chi connectivity index (χ1v) is 9.13. The minimum atomic E-state index is -3.06. The maximum absolute atomic E-state index is 12.7. The van der Waals surface area contributed by atoms with Gasteiger partial charge in [-0.15, -0.1) is 0 Å². The van der Waals surface area contributed by atoms with Crippen LogP contribution in [-0.2, 0) is 9.53 Å². The van der Waals surface area contributed by atoms with E-state index in [0.29, 0.717) is 21.8 Å². The van der Waals surface area contributed by atoms with E-state index in [1.807, 2.05) is 0 Å². The molecule has 0 unspecified atom stereocenters. The number of carboxylic acid groups (broad SMARTS) is 1. The van der Waals surface area contributed by atoms with E-state index in [1.165, 1.54) is 12.1 Å². The number of nitrogens with one attached hydrogen (secondary N) is 1. The van der Waals surface area contributed by atoms with E-state index in [2.05, 4.69) is 10.1 Å². The molecule has 3 rings (SSSR count). The lowest BCUT2D eigenvalue weighted by Crippen LogP contribution is -2.30. The molecule has 0 amide bonds. The fraction of sp³-hybridized carbons (Fsp3) is 0.222. The average Bonchev–Trinajstić information content (AvgIpc) is 2.73. The van der Waals surface area contributed by atoms with Crippen molar-refractivity contribution in [1.29, 1.82) is 0 Å². The molecule has 0 saturated carbocycles. The molecule has 0 aromatic heterocycles. The van der Waals surface area contributed by atoms with Gasteiger partial charge < -0.3 is 19.9 Å². The van der Waals surface area contributed by atoms with Crippen molar-refractivity contribution < 1.29 is 28.2 Å². The molecular formula is C18H13Cl2F2NO4S. The van der Waals surface area contributed by atoms with Crippen LogP contribution >= 0.6 is 35.4 Å². The number of benzene rings is 2. The lowest BCUT2D eigenvalue weighted by Gasteiger charge is -2.23. The van der Waals surface area contributed by atoms with Gasteiger partial charge in [0, 0.05) is 21.8 Å². The fourth-order valence-corrected chi connectivity index (χ4v) is 3.53. The third kappa shape index (κ3) is 4.52. The van der Waals surface area contributed by atoms with Crippen LogP contribution in [0.3, 0.4) is 0 Å². The summed E-state index contributed by atoms with van der Waals surface area (Å²) < 4.78 is 35.8. The second-order valence-electron chi connectivity index (χ2n) is 5.86. The number of thiocarbonyl (C=S) groups is 1. The molecule has 0 radical (unpaired) electrons. The third-order valence-corrected chi connectivity index (χ3v) is 5.00. The van der Waals surface area contributed by atoms with Crippen molar-refractivity contribution in [3.05, 3.63) is 57.6 Å². The lowest BCUT2D eigenvalue weighted by atomic mass is 9.99. The zero-order valence-corrected chi connectivity index (χ0v) is 16.3. The normalized spacial score (nSPS) is 19.0. The first-order valence-electron chi connectivity index (χ1n) is 7.97. The van der Waals surface area contributed by atoms with Gasteiger partial charge in [-0.3, -0.25) is 4.79 Å². The minimum absolute atomic E-state index is 0.0828. The van der Waals surface area contributed by atoms with E-state index in [4.69, 9.17) is 40.2 Å². The number of hydrogen-bond donors (Lipinski definition) is 2. The van der Waals surface area contributed by atoms with Crippen LogP contribution in [0.1, 0.15) is 23.7 Å². The number of carboxylic acids is 1. The number of carbonyl (C=O) groups is 1. The summed E-state index contributed by atoms with van der Waals surface area (Å²) in [7, 11) is 0. The van der Waals surface area contributed by atoms with Crippen molar-refractivity contribution >= 4 is 52.1 Å². The molecule has 1 aliphatic heterocycles. The van der Waals surface area contributed by atoms with E-state index in [-0.39, 0.29) is 15.8 Å². The van der Waals surface area contributed by atoms with Crippen LogP contribution in [0.2, 0.25) is 10.0 Å². The summed E-state index contributed by atoms with van der Waals surface area (Å²) in [4.78, 5) is 11.4. The van der Waals surface area contributed by atoms with Crippen LogP contribution in [-0.4, -0.2) is 28.8 Å². The number of halogens is 4. The molecule has 2 aromatic rings. The number of hydrogen-bond acceptors (Lipinski definition) is 4. The van der Waals surface area contributed by atoms with E-state index in [9.17, 15) is 18.7 Å². The van der Waals surface area contributed by atoms with Crippen molar-refractivity contribution in [2.24, 2.45) is 0 Å². The van der Waals surface area contributed by atoms with Gasteiger partial charge in [0.15, 0.2) is 0 Å². The largest absolute Gasteiger partial charge is 0.481 e. The van der Waals surface area contributed by atoms with Crippen molar-refractivity contribution in [2.45, 2.75) is 25.2 Å². The Morgan fingerprint density at radius 2 is 2.04 bits per heavy atom. The van der Waals surface area contributed by atoms with Gasteiger partial charge in [-0.1, -0.05) is 47.6 Å². The predicted octanol–water partition coefficient (Wildman–Crippen LogP) is 5.30. The molecule has 0 aliphatic carbocycles. The van der Waals surface area contributed by atoms with Crippen LogP contribution < -0.4 is 10.1 Å². The fourth-order valence-electron chi connectivity index (χ4n) is 2.83. The molecule has 28 heavy (non-hydrogen) atoms. The van der Waals surface area contributed by atoms with Crippen LogP contribution in [0.4, 0.5) is 14.5 Å². The molecule has 0 fully saturated rings. The van der Waals surface area contributed by atoms with Crippen LogP contribution in [0.5, 0.6) is 5.75 Å². The average molecular weight is 448 g/mol. The highest BCUT2D eigenvalue weighted by Gasteiger charge is 2.33. The summed E-state index contributed by atoms with van der Waals surface area (Å²) in [5, 5.41) is 12.4. The molecule has 0 spiro atoms. The Labute approximate surface area is 174 Å². The highest BCUT2D eigenvalue weighted by molar-refractivity contribution is 7.80. The molecule has 1 heterocycles. The zero-order valence-electron chi connectivity index (χ0n) is 14.0. The SMILES string of the molecule is O=C(O)C[C@@H]1O[C@@H](c2cccc(OC(F)F)c2Cl)c2cc(Cl)ccc2NC1=S. The Balaban J connectivity index is 2.12. The van der Waals surface area contributed by atoms with Gasteiger partial charge in [0.05, 0.1) is 11.4 Å². The van der Waals surface area contributed by atoms with E-state index < -0.39 is 31.2 Å². The van der Waals surface area contributed by atoms with E-state index in [1.54, 1.807) is 24.3 Å². The third-order valence-electron chi connectivity index (χ3n) is 4.00. The zero-order chi connectivity index (χ0) is 20.4. The van der Waals surface area contributed by atoms with E-state index in [0.717, 1.165) is 0 Å². The second kappa shape index (κ2) is 8.57. The Bertz CT molecular complexity index is 928. The molecule has 148 valence electrons. The number of aliphatic carboxylic acids is 1. The Kier molecular flexibility index (Phi) is 6.34. The quantitative estimate of drug-likeness (QED) is 0.606. The standard InChI is InChI=1S/C18H13Cl2F2NO4S/c19-8-4-5-11-10(6-8)16(26-13(7-14(24)25)17(28)23-11)9-2-1-3-12(15(9)20)27-18(21)22/h1-6,13,16,18H,7H2,(H,23,28)(H,24,25)/t13-,16-/m0/s1. The number of fused-ring (bicyclic) bond motifs is 1. The van der Waals surface area contributed by atoms with Gasteiger partial charge in [0.25, 0.3) is 0 Å². The Morgan fingerprint density at radius 1 is 1.29 bits per heavy atom. The summed E-state index contributed by atoms with van der Waals surface area (Å²) in [5.41, 5.74) is 1.38. The first-order chi connectivity index (χ1) is 13.3. The molecule has 2 atom stereocenters. The highest BCUT2D eigenvalue weighted by Crippen LogP contribution is 2.42. The minimum Gasteiger partial charge on any atom is -0.481 e. The molecular weight excluding hydrogens is 435 g/mol. The van der Waals surface area contributed by atoms with Gasteiger partial charge in [-0.25, -0.2) is 0 Å². The van der Waals surface area contributed by atoms with Gasteiger partial charge in [0.1, 0.15) is 22.9 Å². The number of anilines is 1. The summed E-state index contributed by atoms with van der Waals surface area (Å²) in [6, 6.07) is 9.25. The highest BCUT2D eigenvalue weighted by atomic mass is 35.5. The summed E-state index contributed by atoms with van der Waals surface area (Å²) in [5.74, 6) is -1.34. The van der Waals surface area contributed by atoms with Gasteiger partial charge >= 0.3 is 12.6 Å². The number of rotatable bonds is 5. The van der Waals surface area contributed by atoms with Gasteiger partial charge in [-0.2, -0.15) is 8.78 Å². The monoisotopic (exact) mass is 447 g/mol. The summed E-state index contributed by atoms with van der Waals surface area (Å²) >= 11 is 17.7. The smallest absolute Gasteiger partial charge is 0.387 e. The lowest BCUT2D eigenvalue weighted by molar-refractivity contribution is -0.139. The van der Waals surface area contributed by atoms with Gasteiger partial charge in [-0.05, 0) is 24.3 Å². The number of ether oxygens (including phenoxy) is 2. The van der Waals surface area contributed by atoms with Crippen molar-refractivity contribution in [3.8, 4) is 5.75 Å². The molecule has 2 aromatic carbocycles. The molecule has 1 aliphatic rings. The van der Waals surface area contributed by atoms with Crippen molar-refractivity contribution in [2.75, 3.05) is 5.32 Å². The van der Waals surface area contributed by atoms with Crippen molar-refractivity contribution in [1.82, 2.24) is 0 Å². The summed E-state index contributed by atoms with van der Waals surface area (Å²) in [6.07, 6.45) is -2.28. The second-order valence-corrected chi connectivity index (χ2v) is 7.12. The Morgan fingerprint density at radius 3 is 2.71 bits per heavy atom. The molecule has 0 saturated heterocycles. The van der Waals surface area contributed by atoms with E-state index >= 15 is 0 Å². The van der Waals surface area contributed by atoms with Gasteiger partial charge in [0.2, 0.25) is 0 Å². The van der Waals surface area contributed by atoms with Crippen LogP contribution in [0.25, 0.3) is 0 Å². The first kappa shape index (κ1) is 20.7. The molecule has 5 nitrogen and oxygen atoms in total. The Hall–Kier alpha value is -2.00. The predicted molar refractivity (Wildman–Crippen MR) is 105 cm³/mol.